The number of nitrogens with zero attached hydrogens (tertiary/aromatic N) is 1. The molecule has 6 nitrogen and oxygen atoms in total. The van der Waals surface area contributed by atoms with Crippen LogP contribution in [0, 0.1) is 5.92 Å². The second kappa shape index (κ2) is 6.16. The molecule has 2 aromatic rings. The number of benzene rings is 1. The number of piperidine rings is 1. The van der Waals surface area contributed by atoms with E-state index >= 15 is 0 Å². The van der Waals surface area contributed by atoms with Crippen LogP contribution in [0.25, 0.3) is 10.9 Å². The largest absolute Gasteiger partial charge is 0.481 e. The molecule has 2 N–H and O–H groups in total. The average Bonchev–Trinajstić information content (AvgIpc) is 2.54. The van der Waals surface area contributed by atoms with Gasteiger partial charge >= 0.3 is 5.97 Å². The van der Waals surface area contributed by atoms with Gasteiger partial charge in [0.1, 0.15) is 5.69 Å². The maximum atomic E-state index is 12.5. The number of carboxylic acid groups (broad SMARTS) is 1. The number of aromatic amines is 1. The highest BCUT2D eigenvalue weighted by Gasteiger charge is 2.28. The van der Waals surface area contributed by atoms with Crippen molar-refractivity contribution in [3.8, 4) is 0 Å². The monoisotopic (exact) mass is 378 g/mol. The summed E-state index contributed by atoms with van der Waals surface area (Å²) in [6, 6.07) is 6.56. The Morgan fingerprint density at radius 3 is 2.57 bits per heavy atom. The predicted octanol–water partition coefficient (Wildman–Crippen LogP) is 2.23. The second-order valence-corrected chi connectivity index (χ2v) is 6.56. The van der Waals surface area contributed by atoms with Crippen molar-refractivity contribution in [2.24, 2.45) is 5.92 Å². The Hall–Kier alpha value is -2.15. The highest BCUT2D eigenvalue weighted by atomic mass is 79.9. The van der Waals surface area contributed by atoms with Crippen LogP contribution in [0.1, 0.15) is 23.3 Å². The quantitative estimate of drug-likeness (QED) is 0.837. The Labute approximate surface area is 140 Å². The molecule has 0 radical (unpaired) electrons. The molecule has 0 aliphatic carbocycles. The molecule has 1 amide bonds. The van der Waals surface area contributed by atoms with Crippen molar-refractivity contribution in [1.82, 2.24) is 9.88 Å². The van der Waals surface area contributed by atoms with Crippen molar-refractivity contribution >= 4 is 38.7 Å². The fourth-order valence-electron chi connectivity index (χ4n) is 2.83. The fourth-order valence-corrected chi connectivity index (χ4v) is 3.20. The number of rotatable bonds is 2. The number of halogens is 1. The number of aliphatic carboxylic acids is 1. The summed E-state index contributed by atoms with van der Waals surface area (Å²) in [6.45, 7) is 0.770. The molecule has 1 aromatic carbocycles. The lowest BCUT2D eigenvalue weighted by Crippen LogP contribution is -2.40. The number of H-pyrrole nitrogens is 1. The maximum Gasteiger partial charge on any atom is 0.306 e. The van der Waals surface area contributed by atoms with Crippen LogP contribution in [0.4, 0.5) is 0 Å². The molecule has 0 spiro atoms. The number of amides is 1. The van der Waals surface area contributed by atoms with Gasteiger partial charge in [-0.25, -0.2) is 0 Å². The molecule has 23 heavy (non-hydrogen) atoms. The van der Waals surface area contributed by atoms with Gasteiger partial charge in [0.05, 0.1) is 5.92 Å². The lowest BCUT2D eigenvalue weighted by molar-refractivity contribution is -0.143. The van der Waals surface area contributed by atoms with Gasteiger partial charge in [-0.3, -0.25) is 14.4 Å². The van der Waals surface area contributed by atoms with E-state index in [4.69, 9.17) is 5.11 Å². The number of hydrogen-bond donors (Lipinski definition) is 2. The van der Waals surface area contributed by atoms with Gasteiger partial charge in [0.15, 0.2) is 5.43 Å². The first-order chi connectivity index (χ1) is 11.0. The number of carbonyl (C=O) groups is 2. The zero-order valence-corrected chi connectivity index (χ0v) is 13.8. The zero-order chi connectivity index (χ0) is 16.6. The molecule has 0 unspecified atom stereocenters. The molecule has 0 saturated carbocycles. The lowest BCUT2D eigenvalue weighted by atomic mass is 9.97. The van der Waals surface area contributed by atoms with E-state index in [-0.39, 0.29) is 17.0 Å². The number of nitrogens with one attached hydrogen (secondary N) is 1. The normalized spacial score (nSPS) is 15.8. The molecule has 1 aromatic heterocycles. The topological polar surface area (TPSA) is 90.5 Å². The van der Waals surface area contributed by atoms with E-state index in [1.807, 2.05) is 0 Å². The van der Waals surface area contributed by atoms with E-state index in [2.05, 4.69) is 20.9 Å². The smallest absolute Gasteiger partial charge is 0.306 e. The van der Waals surface area contributed by atoms with E-state index in [9.17, 15) is 14.4 Å². The first-order valence-electron chi connectivity index (χ1n) is 7.30. The van der Waals surface area contributed by atoms with Gasteiger partial charge in [-0.15, -0.1) is 0 Å². The summed E-state index contributed by atoms with van der Waals surface area (Å²) in [5, 5.41) is 9.52. The van der Waals surface area contributed by atoms with Gasteiger partial charge in [0.2, 0.25) is 0 Å². The van der Waals surface area contributed by atoms with Crippen molar-refractivity contribution in [3.63, 3.8) is 0 Å². The van der Waals surface area contributed by atoms with Crippen molar-refractivity contribution < 1.29 is 14.7 Å². The third kappa shape index (κ3) is 3.14. The van der Waals surface area contributed by atoms with E-state index in [0.29, 0.717) is 36.8 Å². The van der Waals surface area contributed by atoms with Crippen molar-refractivity contribution in [2.75, 3.05) is 13.1 Å². The molecule has 3 rings (SSSR count). The van der Waals surface area contributed by atoms with Crippen LogP contribution in [0.3, 0.4) is 0 Å². The standard InChI is InChI=1S/C16H15BrN2O4/c17-10-1-2-12-11(7-10)14(20)8-13(18-12)15(21)19-5-3-9(4-6-19)16(22)23/h1-2,7-9H,3-6H2,(H,18,20)(H,22,23). The SMILES string of the molecule is O=C(O)C1CCN(C(=O)c2cc(=O)c3cc(Br)ccc3[nH]2)CC1. The van der Waals surface area contributed by atoms with Crippen LogP contribution in [-0.4, -0.2) is 40.0 Å². The third-order valence-electron chi connectivity index (χ3n) is 4.15. The minimum atomic E-state index is -0.818. The first-order valence-corrected chi connectivity index (χ1v) is 8.09. The highest BCUT2D eigenvalue weighted by molar-refractivity contribution is 9.10. The predicted molar refractivity (Wildman–Crippen MR) is 88.5 cm³/mol. The molecular formula is C16H15BrN2O4. The molecule has 7 heteroatoms. The Balaban J connectivity index is 1.86. The molecule has 120 valence electrons. The molecule has 1 aliphatic heterocycles. The van der Waals surface area contributed by atoms with Gasteiger partial charge in [-0.05, 0) is 31.0 Å². The zero-order valence-electron chi connectivity index (χ0n) is 12.2. The minimum Gasteiger partial charge on any atom is -0.481 e. The fraction of sp³-hybridized carbons (Fsp3) is 0.312. The molecule has 1 aliphatic rings. The summed E-state index contributed by atoms with van der Waals surface area (Å²) in [6.07, 6.45) is 0.873. The van der Waals surface area contributed by atoms with E-state index in [0.717, 1.165) is 4.47 Å². The van der Waals surface area contributed by atoms with Crippen LogP contribution >= 0.6 is 15.9 Å². The van der Waals surface area contributed by atoms with E-state index in [1.165, 1.54) is 6.07 Å². The van der Waals surface area contributed by atoms with Crippen LogP contribution in [0.5, 0.6) is 0 Å². The summed E-state index contributed by atoms with van der Waals surface area (Å²) in [5.41, 5.74) is 0.617. The molecule has 0 atom stereocenters. The summed E-state index contributed by atoms with van der Waals surface area (Å²) in [7, 11) is 0. The Morgan fingerprint density at radius 2 is 1.91 bits per heavy atom. The van der Waals surface area contributed by atoms with Gasteiger partial charge in [0.25, 0.3) is 5.91 Å². The molecule has 1 fully saturated rings. The Morgan fingerprint density at radius 1 is 1.22 bits per heavy atom. The Bertz CT molecular complexity index is 838. The van der Waals surface area contributed by atoms with Crippen LogP contribution < -0.4 is 5.43 Å². The lowest BCUT2D eigenvalue weighted by Gasteiger charge is -2.30. The first kappa shape index (κ1) is 15.7. The number of carboxylic acids is 1. The maximum absolute atomic E-state index is 12.5. The van der Waals surface area contributed by atoms with Crippen LogP contribution in [-0.2, 0) is 4.79 Å². The number of hydrogen-bond acceptors (Lipinski definition) is 3. The summed E-state index contributed by atoms with van der Waals surface area (Å²) in [4.78, 5) is 40.3. The minimum absolute atomic E-state index is 0.219. The van der Waals surface area contributed by atoms with E-state index < -0.39 is 11.9 Å². The van der Waals surface area contributed by atoms with Gasteiger partial charge < -0.3 is 15.0 Å². The molecule has 2 heterocycles. The van der Waals surface area contributed by atoms with Crippen molar-refractivity contribution in [2.45, 2.75) is 12.8 Å². The number of fused-ring (bicyclic) bond motifs is 1. The molecular weight excluding hydrogens is 364 g/mol. The van der Waals surface area contributed by atoms with Gasteiger partial charge in [-0.2, -0.15) is 0 Å². The van der Waals surface area contributed by atoms with E-state index in [1.54, 1.807) is 23.1 Å². The van der Waals surface area contributed by atoms with Gasteiger partial charge in [-0.1, -0.05) is 15.9 Å². The Kier molecular flexibility index (Phi) is 4.21. The summed E-state index contributed by atoms with van der Waals surface area (Å²) >= 11 is 3.32. The number of pyridine rings is 1. The molecule has 0 bridgehead atoms. The second-order valence-electron chi connectivity index (χ2n) is 5.64. The van der Waals surface area contributed by atoms with Crippen LogP contribution in [0.2, 0.25) is 0 Å². The van der Waals surface area contributed by atoms with Gasteiger partial charge in [0, 0.05) is 34.5 Å². The average molecular weight is 379 g/mol. The summed E-state index contributed by atoms with van der Waals surface area (Å²) < 4.78 is 0.797. The molecule has 1 saturated heterocycles. The van der Waals surface area contributed by atoms with Crippen LogP contribution in [0.15, 0.2) is 33.5 Å². The highest BCUT2D eigenvalue weighted by Crippen LogP contribution is 2.20. The number of aromatic nitrogens is 1. The third-order valence-corrected chi connectivity index (χ3v) is 4.65. The number of carbonyl (C=O) groups excluding carboxylic acids is 1. The number of likely N-dealkylation sites (tertiary alicyclic amines) is 1. The van der Waals surface area contributed by atoms with Crippen molar-refractivity contribution in [3.05, 3.63) is 44.7 Å². The summed E-state index contributed by atoms with van der Waals surface area (Å²) in [5.74, 6) is -1.48. The van der Waals surface area contributed by atoms with Crippen molar-refractivity contribution in [1.29, 1.82) is 0 Å².